The van der Waals surface area contributed by atoms with Gasteiger partial charge in [-0.1, -0.05) is 6.92 Å². The Labute approximate surface area is 206 Å². The van der Waals surface area contributed by atoms with E-state index in [1.165, 1.54) is 6.20 Å². The number of nitrogens with one attached hydrogen (secondary N) is 4. The lowest BCUT2D eigenvalue weighted by Crippen LogP contribution is -2.16. The van der Waals surface area contributed by atoms with Crippen LogP contribution < -0.4 is 11.1 Å². The van der Waals surface area contributed by atoms with Gasteiger partial charge in [-0.3, -0.25) is 5.41 Å². The number of benzene rings is 1. The number of alkyl halides is 3. The topological polar surface area (TPSA) is 163 Å². The van der Waals surface area contributed by atoms with E-state index in [0.29, 0.717) is 12.4 Å². The maximum Gasteiger partial charge on any atom is 0.451 e. The number of nitriles is 1. The summed E-state index contributed by atoms with van der Waals surface area (Å²) in [4.78, 5) is 13.2. The van der Waals surface area contributed by atoms with E-state index in [1.54, 1.807) is 6.92 Å². The number of hydrogen-bond acceptors (Lipinski definition) is 6. The van der Waals surface area contributed by atoms with E-state index in [-0.39, 0.29) is 45.2 Å². The predicted molar refractivity (Wildman–Crippen MR) is 126 cm³/mol. The van der Waals surface area contributed by atoms with Gasteiger partial charge in [0.1, 0.15) is 29.9 Å². The second-order valence-corrected chi connectivity index (χ2v) is 7.49. The van der Waals surface area contributed by atoms with E-state index in [2.05, 4.69) is 25.3 Å². The van der Waals surface area contributed by atoms with Crippen LogP contribution in [0, 0.1) is 33.8 Å². The Kier molecular flexibility index (Phi) is 7.76. The summed E-state index contributed by atoms with van der Waals surface area (Å²) in [7, 11) is 0. The fourth-order valence-electron chi connectivity index (χ4n) is 3.40. The molecule has 3 rings (SSSR count). The Balaban J connectivity index is 2.13. The van der Waals surface area contributed by atoms with Crippen LogP contribution >= 0.6 is 0 Å². The quantitative estimate of drug-likeness (QED) is 0.166. The molecule has 0 aliphatic rings. The van der Waals surface area contributed by atoms with Crippen molar-refractivity contribution in [3.8, 4) is 17.2 Å². The van der Waals surface area contributed by atoms with E-state index in [0.717, 1.165) is 30.7 Å². The zero-order valence-electron chi connectivity index (χ0n) is 19.0. The van der Waals surface area contributed by atoms with E-state index >= 15 is 0 Å². The third-order valence-corrected chi connectivity index (χ3v) is 5.22. The van der Waals surface area contributed by atoms with Gasteiger partial charge >= 0.3 is 6.18 Å². The van der Waals surface area contributed by atoms with Gasteiger partial charge in [0.05, 0.1) is 16.9 Å². The van der Waals surface area contributed by atoms with Crippen molar-refractivity contribution in [3.05, 3.63) is 76.8 Å². The molecule has 0 bridgehead atoms. The molecule has 1 atom stereocenters. The number of aromatic amines is 1. The molecule has 0 radical (unpaired) electrons. The average Bonchev–Trinajstić information content (AvgIpc) is 3.25. The summed E-state index contributed by atoms with van der Waals surface area (Å²) in [6, 6.07) is 4.86. The first kappa shape index (κ1) is 26.7. The minimum absolute atomic E-state index is 0.0178. The van der Waals surface area contributed by atoms with Crippen LogP contribution in [0.2, 0.25) is 0 Å². The molecule has 1 unspecified atom stereocenters. The molecule has 0 amide bonds. The molecule has 14 heteroatoms. The first-order chi connectivity index (χ1) is 17.5. The Morgan fingerprint density at radius 2 is 1.92 bits per heavy atom. The van der Waals surface area contributed by atoms with Crippen molar-refractivity contribution in [2.45, 2.75) is 19.0 Å². The highest BCUT2D eigenvalue weighted by Crippen LogP contribution is 2.36. The second-order valence-electron chi connectivity index (χ2n) is 7.49. The highest BCUT2D eigenvalue weighted by Gasteiger charge is 2.35. The molecule has 190 valence electrons. The number of allylic oxidation sites excluding steroid dienone is 1. The van der Waals surface area contributed by atoms with Crippen molar-refractivity contribution in [1.82, 2.24) is 15.0 Å². The fraction of sp³-hybridized carbons (Fsp3) is 0.130. The number of halogens is 5. The molecule has 6 N–H and O–H groups in total. The molecule has 2 aromatic heterocycles. The fourth-order valence-corrected chi connectivity index (χ4v) is 3.40. The van der Waals surface area contributed by atoms with Gasteiger partial charge in [0, 0.05) is 53.6 Å². The van der Waals surface area contributed by atoms with Crippen LogP contribution in [-0.4, -0.2) is 33.3 Å². The summed E-state index contributed by atoms with van der Waals surface area (Å²) in [5, 5.41) is 27.6. The van der Waals surface area contributed by atoms with Crippen molar-refractivity contribution >= 4 is 24.1 Å². The highest BCUT2D eigenvalue weighted by atomic mass is 19.4. The lowest BCUT2D eigenvalue weighted by molar-refractivity contribution is -0.144. The van der Waals surface area contributed by atoms with Gasteiger partial charge in [0.25, 0.3) is 0 Å². The van der Waals surface area contributed by atoms with Crippen LogP contribution in [0.3, 0.4) is 0 Å². The van der Waals surface area contributed by atoms with E-state index in [4.69, 9.17) is 16.6 Å². The molecule has 37 heavy (non-hydrogen) atoms. The minimum Gasteiger partial charge on any atom is -0.382 e. The van der Waals surface area contributed by atoms with Crippen LogP contribution in [0.1, 0.15) is 35.6 Å². The molecule has 0 aliphatic heterocycles. The normalized spacial score (nSPS) is 13.1. The number of aliphatic imine (C=N–C) groups is 1. The van der Waals surface area contributed by atoms with Crippen LogP contribution in [0.5, 0.6) is 0 Å². The lowest BCUT2D eigenvalue weighted by Gasteiger charge is -2.13. The summed E-state index contributed by atoms with van der Waals surface area (Å²) >= 11 is 0. The monoisotopic (exact) mass is 515 g/mol. The zero-order valence-corrected chi connectivity index (χ0v) is 19.0. The second kappa shape index (κ2) is 10.8. The Morgan fingerprint density at radius 3 is 2.46 bits per heavy atom. The van der Waals surface area contributed by atoms with Gasteiger partial charge in [-0.2, -0.15) is 18.4 Å². The van der Waals surface area contributed by atoms with Crippen molar-refractivity contribution < 1.29 is 22.0 Å². The SMILES string of the molecule is CC(/C(C=N)=C/Nc1ccc(F)cc1F)c1[nH]c(/C(N)=N\C=N)c(-c2cnc(C(F)(F)F)nc2)c1C#N. The zero-order chi connectivity index (χ0) is 27.3. The van der Waals surface area contributed by atoms with Crippen LogP contribution in [0.4, 0.5) is 27.6 Å². The van der Waals surface area contributed by atoms with Crippen LogP contribution in [0.15, 0.2) is 47.4 Å². The van der Waals surface area contributed by atoms with Gasteiger partial charge in [-0.25, -0.2) is 23.7 Å². The summed E-state index contributed by atoms with van der Waals surface area (Å²) in [5.74, 6) is -4.00. The molecule has 2 heterocycles. The van der Waals surface area contributed by atoms with Crippen molar-refractivity contribution in [2.24, 2.45) is 10.7 Å². The largest absolute Gasteiger partial charge is 0.451 e. The predicted octanol–water partition coefficient (Wildman–Crippen LogP) is 4.70. The van der Waals surface area contributed by atoms with E-state index in [1.807, 2.05) is 6.07 Å². The van der Waals surface area contributed by atoms with Crippen molar-refractivity contribution in [3.63, 3.8) is 0 Å². The number of H-pyrrole nitrogens is 1. The molecule has 0 saturated heterocycles. The average molecular weight is 515 g/mol. The summed E-state index contributed by atoms with van der Waals surface area (Å²) < 4.78 is 66.0. The number of nitrogens with zero attached hydrogens (tertiary/aromatic N) is 4. The Morgan fingerprint density at radius 1 is 1.24 bits per heavy atom. The van der Waals surface area contributed by atoms with Gasteiger partial charge in [0.2, 0.25) is 5.82 Å². The molecule has 0 saturated carbocycles. The Hall–Kier alpha value is -4.93. The molecule has 1 aromatic carbocycles. The number of anilines is 1. The van der Waals surface area contributed by atoms with Gasteiger partial charge in [-0.15, -0.1) is 0 Å². The van der Waals surface area contributed by atoms with Crippen LogP contribution in [0.25, 0.3) is 11.1 Å². The number of amidine groups is 1. The number of aromatic nitrogens is 3. The van der Waals surface area contributed by atoms with E-state index in [9.17, 15) is 27.2 Å². The molecule has 9 nitrogen and oxygen atoms in total. The molecule has 0 fully saturated rings. The first-order valence-electron chi connectivity index (χ1n) is 10.3. The van der Waals surface area contributed by atoms with Gasteiger partial charge < -0.3 is 21.4 Å². The maximum absolute atomic E-state index is 14.0. The molecule has 3 aromatic rings. The van der Waals surface area contributed by atoms with Gasteiger partial charge in [0.15, 0.2) is 0 Å². The number of nitrogens with two attached hydrogens (primary N) is 1. The van der Waals surface area contributed by atoms with Crippen molar-refractivity contribution in [2.75, 3.05) is 5.32 Å². The third-order valence-electron chi connectivity index (χ3n) is 5.22. The number of hydrogen-bond donors (Lipinski definition) is 5. The van der Waals surface area contributed by atoms with Gasteiger partial charge in [-0.05, 0) is 17.7 Å². The molecular weight excluding hydrogens is 497 g/mol. The maximum atomic E-state index is 14.0. The summed E-state index contributed by atoms with van der Waals surface area (Å²) in [6.07, 6.45) is -0.160. The molecule has 0 aliphatic carbocycles. The summed E-state index contributed by atoms with van der Waals surface area (Å²) in [5.41, 5.74) is 6.36. The molecular formula is C23H18F5N9. The smallest absolute Gasteiger partial charge is 0.382 e. The standard InChI is InChI=1S/C23H18F5N9/c1-11(12(5-29)7-33-17-3-2-14(24)4-16(17)25)19-15(6-30)18(20(37-19)21(32)36-10-31)13-8-34-22(35-9-13)23(26,27)28/h2-5,7-11,29,33,37H,1H3,(H3,31,32,36)/b12-7+,29-5?. The van der Waals surface area contributed by atoms with Crippen LogP contribution in [-0.2, 0) is 6.18 Å². The third kappa shape index (κ3) is 5.67. The minimum atomic E-state index is -4.78. The lowest BCUT2D eigenvalue weighted by atomic mass is 9.93. The van der Waals surface area contributed by atoms with Crippen molar-refractivity contribution in [1.29, 1.82) is 16.1 Å². The number of rotatable bonds is 8. The summed E-state index contributed by atoms with van der Waals surface area (Å²) in [6.45, 7) is 1.60. The Bertz CT molecular complexity index is 1430. The molecule has 0 spiro atoms. The van der Waals surface area contributed by atoms with E-state index < -0.39 is 29.6 Å². The first-order valence-corrected chi connectivity index (χ1v) is 10.3. The highest BCUT2D eigenvalue weighted by molar-refractivity contribution is 6.06.